The average molecular weight is 850 g/mol. The smallest absolute Gasteiger partial charge is 0.0534 e. The van der Waals surface area contributed by atoms with Crippen LogP contribution < -0.4 is 0 Å². The molecule has 10 aromatic rings. The molecule has 0 N–H and O–H groups in total. The highest BCUT2D eigenvalue weighted by molar-refractivity contribution is 7.20. The summed E-state index contributed by atoms with van der Waals surface area (Å²) in [6.07, 6.45) is 22.4. The molecule has 0 saturated carbocycles. The van der Waals surface area contributed by atoms with E-state index in [1.54, 1.807) is 0 Å². The van der Waals surface area contributed by atoms with Gasteiger partial charge in [-0.25, -0.2) is 0 Å². The van der Waals surface area contributed by atoms with Crippen LogP contribution >= 0.6 is 11.3 Å². The summed E-state index contributed by atoms with van der Waals surface area (Å²) in [6.45, 7) is 8.35. The molecule has 310 valence electrons. The maximum atomic E-state index is 4.35. The monoisotopic (exact) mass is 849 g/mol. The Morgan fingerprint density at radius 2 is 1.18 bits per heavy atom. The summed E-state index contributed by atoms with van der Waals surface area (Å²) in [4.78, 5) is 1.31. The summed E-state index contributed by atoms with van der Waals surface area (Å²) in [6, 6.07) is 62.2. The Kier molecular flexibility index (Phi) is 10.7. The van der Waals surface area contributed by atoms with Crippen molar-refractivity contribution in [1.82, 2.24) is 4.57 Å². The van der Waals surface area contributed by atoms with E-state index >= 15 is 0 Å². The van der Waals surface area contributed by atoms with Crippen molar-refractivity contribution in [3.63, 3.8) is 0 Å². The molecular weight excluding hydrogens is 803 g/mol. The number of hydrogen-bond donors (Lipinski definition) is 0. The Morgan fingerprint density at radius 1 is 0.585 bits per heavy atom. The number of hydrogen-bond acceptors (Lipinski definition) is 1. The van der Waals surface area contributed by atoms with Gasteiger partial charge in [-0.3, -0.25) is 0 Å². The zero-order valence-corrected chi connectivity index (χ0v) is 37.1. The maximum Gasteiger partial charge on any atom is 0.0534 e. The fourth-order valence-corrected chi connectivity index (χ4v) is 11.2. The van der Waals surface area contributed by atoms with Crippen LogP contribution in [0, 0.1) is 0 Å². The van der Waals surface area contributed by atoms with Crippen molar-refractivity contribution in [1.29, 1.82) is 0 Å². The van der Waals surface area contributed by atoms with Crippen LogP contribution in [0.5, 0.6) is 0 Å². The molecule has 0 aliphatic heterocycles. The molecule has 1 aliphatic carbocycles. The third-order valence-corrected chi connectivity index (χ3v) is 14.2. The number of nitrogens with zero attached hydrogens (tertiary/aromatic N) is 1. The van der Waals surface area contributed by atoms with E-state index in [0.29, 0.717) is 0 Å². The van der Waals surface area contributed by atoms with Gasteiger partial charge in [0.1, 0.15) is 0 Å². The third-order valence-electron chi connectivity index (χ3n) is 12.9. The number of para-hydroxylation sites is 1. The Morgan fingerprint density at radius 3 is 1.83 bits per heavy atom. The Hall–Kier alpha value is -7.78. The molecule has 0 saturated heterocycles. The molecule has 11 rings (SSSR count). The van der Waals surface area contributed by atoms with Crippen LogP contribution in [-0.2, 0) is 6.42 Å². The molecule has 8 aromatic carbocycles. The van der Waals surface area contributed by atoms with Crippen molar-refractivity contribution in [2.45, 2.75) is 19.3 Å². The lowest BCUT2D eigenvalue weighted by atomic mass is 9.86. The fourth-order valence-electron chi connectivity index (χ4n) is 9.85. The van der Waals surface area contributed by atoms with E-state index in [1.807, 2.05) is 23.5 Å². The molecule has 1 aliphatic rings. The molecule has 65 heavy (non-hydrogen) atoms. The van der Waals surface area contributed by atoms with Gasteiger partial charge in [0.2, 0.25) is 0 Å². The molecule has 0 spiro atoms. The zero-order valence-electron chi connectivity index (χ0n) is 36.3. The highest BCUT2D eigenvalue weighted by Gasteiger charge is 2.19. The van der Waals surface area contributed by atoms with Crippen LogP contribution in [0.25, 0.3) is 99.3 Å². The first-order valence-electron chi connectivity index (χ1n) is 22.5. The van der Waals surface area contributed by atoms with Gasteiger partial charge in [-0.1, -0.05) is 207 Å². The molecule has 0 unspecified atom stereocenters. The largest absolute Gasteiger partial charge is 0.316 e. The summed E-state index contributed by atoms with van der Waals surface area (Å²) in [7, 11) is 0. The minimum Gasteiger partial charge on any atom is -0.316 e. The second-order valence-corrected chi connectivity index (χ2v) is 17.9. The predicted molar refractivity (Wildman–Crippen MR) is 284 cm³/mol. The molecule has 0 atom stereocenters. The first-order chi connectivity index (χ1) is 32.2. The van der Waals surface area contributed by atoms with Crippen LogP contribution in [-0.4, -0.2) is 4.57 Å². The number of rotatable bonds is 11. The second-order valence-electron chi connectivity index (χ2n) is 16.8. The van der Waals surface area contributed by atoms with E-state index in [-0.39, 0.29) is 0 Å². The van der Waals surface area contributed by atoms with Gasteiger partial charge < -0.3 is 4.57 Å². The van der Waals surface area contributed by atoms with Crippen molar-refractivity contribution in [2.75, 3.05) is 0 Å². The molecule has 1 nitrogen and oxygen atoms in total. The summed E-state index contributed by atoms with van der Waals surface area (Å²) in [5.41, 5.74) is 16.1. The molecule has 2 heterocycles. The Balaban J connectivity index is 0.956. The first-order valence-corrected chi connectivity index (χ1v) is 23.3. The van der Waals surface area contributed by atoms with E-state index in [0.717, 1.165) is 24.9 Å². The standard InChI is InChI=1S/C63H47NS/c1-3-5-23-53-58-30-18-29-52(46-34-32-45(33-35-46)44-19-8-6-9-20-44)63(58)65-60(53)41-43(4-2)40-49-42-64(59-31-17-16-24-51(49)59)50-38-36-48(37-39-50)62-56-27-14-12-25-54(56)61(47-21-10-7-11-22-47)55-26-13-15-28-57(55)62/h3-8,10-19,21-40,42H,1-2,9,20,41H2/b23-5-,43-40+. The van der Waals surface area contributed by atoms with Gasteiger partial charge in [-0.15, -0.1) is 11.3 Å². The van der Waals surface area contributed by atoms with Gasteiger partial charge in [0.05, 0.1) is 5.52 Å². The van der Waals surface area contributed by atoms with E-state index < -0.39 is 0 Å². The number of fused-ring (bicyclic) bond motifs is 4. The van der Waals surface area contributed by atoms with Crippen molar-refractivity contribution in [2.24, 2.45) is 0 Å². The van der Waals surface area contributed by atoms with E-state index in [1.165, 1.54) is 109 Å². The predicted octanol–water partition coefficient (Wildman–Crippen LogP) is 17.9. The first kappa shape index (κ1) is 40.0. The van der Waals surface area contributed by atoms with Gasteiger partial charge in [0.15, 0.2) is 0 Å². The van der Waals surface area contributed by atoms with E-state index in [9.17, 15) is 0 Å². The van der Waals surface area contributed by atoms with Crippen molar-refractivity contribution in [3.8, 4) is 39.1 Å². The van der Waals surface area contributed by atoms with Crippen molar-refractivity contribution in [3.05, 3.63) is 253 Å². The summed E-state index contributed by atoms with van der Waals surface area (Å²) < 4.78 is 3.63. The van der Waals surface area contributed by atoms with Gasteiger partial charge in [0, 0.05) is 44.2 Å². The van der Waals surface area contributed by atoms with Crippen molar-refractivity contribution < 1.29 is 0 Å². The summed E-state index contributed by atoms with van der Waals surface area (Å²) >= 11 is 1.89. The van der Waals surface area contributed by atoms with E-state index in [4.69, 9.17) is 0 Å². The summed E-state index contributed by atoms with van der Waals surface area (Å²) in [5, 5.41) is 7.51. The zero-order chi connectivity index (χ0) is 43.7. The molecule has 2 heteroatoms. The Labute approximate surface area is 385 Å². The van der Waals surface area contributed by atoms with Crippen LogP contribution in [0.3, 0.4) is 0 Å². The molecule has 0 amide bonds. The van der Waals surface area contributed by atoms with Crippen LogP contribution in [0.2, 0.25) is 0 Å². The number of aromatic nitrogens is 1. The highest BCUT2D eigenvalue weighted by atomic mass is 32.1. The topological polar surface area (TPSA) is 4.93 Å². The van der Waals surface area contributed by atoms with Crippen LogP contribution in [0.1, 0.15) is 34.4 Å². The van der Waals surface area contributed by atoms with Crippen LogP contribution in [0.4, 0.5) is 0 Å². The number of allylic oxidation sites excluding steroid dienone is 8. The quantitative estimate of drug-likeness (QED) is 0.0903. The average Bonchev–Trinajstić information content (AvgIpc) is 3.92. The van der Waals surface area contributed by atoms with Gasteiger partial charge in [-0.2, -0.15) is 0 Å². The lowest BCUT2D eigenvalue weighted by Crippen LogP contribution is -1.93. The molecular formula is C63H47NS. The number of thiophene rings is 1. The molecule has 0 fully saturated rings. The normalized spacial score (nSPS) is 13.0. The summed E-state index contributed by atoms with van der Waals surface area (Å²) in [5.74, 6) is 0. The minimum atomic E-state index is 0.763. The van der Waals surface area contributed by atoms with Crippen molar-refractivity contribution >= 4 is 71.6 Å². The Bertz CT molecular complexity index is 3510. The van der Waals surface area contributed by atoms with Gasteiger partial charge in [0.25, 0.3) is 0 Å². The van der Waals surface area contributed by atoms with E-state index in [2.05, 4.69) is 230 Å². The third kappa shape index (κ3) is 7.42. The highest BCUT2D eigenvalue weighted by Crippen LogP contribution is 2.45. The maximum absolute atomic E-state index is 4.35. The lowest BCUT2D eigenvalue weighted by Gasteiger charge is -2.18. The van der Waals surface area contributed by atoms with Gasteiger partial charge in [-0.05, 0) is 114 Å². The minimum absolute atomic E-state index is 0.763. The van der Waals surface area contributed by atoms with Gasteiger partial charge >= 0.3 is 0 Å². The number of benzene rings is 8. The molecule has 2 aromatic heterocycles. The fraction of sp³-hybridized carbons (Fsp3) is 0.0476. The van der Waals surface area contributed by atoms with Crippen LogP contribution in [0.15, 0.2) is 231 Å². The molecule has 0 radical (unpaired) electrons. The lowest BCUT2D eigenvalue weighted by molar-refractivity contribution is 1.05. The second kappa shape index (κ2) is 17.4. The SMILES string of the molecule is C=C/C=C\c1c(C/C(C=C)=C/c2cn(-c3ccc(-c4c5ccccc5c(-c5ccccc5)c5ccccc45)cc3)c3ccccc23)sc2c(-c3ccc(C4=CC=CCC4)cc3)cccc12. The molecule has 0 bridgehead atoms.